The van der Waals surface area contributed by atoms with Crippen molar-refractivity contribution in [2.75, 3.05) is 18.0 Å². The predicted octanol–water partition coefficient (Wildman–Crippen LogP) is 1.62. The molecule has 1 aliphatic heterocycles. The lowest BCUT2D eigenvalue weighted by molar-refractivity contribution is 0.0951. The summed E-state index contributed by atoms with van der Waals surface area (Å²) >= 11 is 6.16. The average molecular weight is 506 g/mol. The van der Waals surface area contributed by atoms with Crippen LogP contribution in [0.15, 0.2) is 49.1 Å². The van der Waals surface area contributed by atoms with Crippen LogP contribution in [-0.2, 0) is 13.1 Å². The lowest BCUT2D eigenvalue weighted by atomic mass is 10.1. The molecule has 3 atom stereocenters. The summed E-state index contributed by atoms with van der Waals surface area (Å²) in [5, 5.41) is 28.8. The average Bonchev–Trinajstić information content (AvgIpc) is 3.44. The second-order valence-electron chi connectivity index (χ2n) is 9.27. The van der Waals surface area contributed by atoms with Crippen molar-refractivity contribution >= 4 is 23.3 Å². The highest BCUT2D eigenvalue weighted by Crippen LogP contribution is 2.46. The van der Waals surface area contributed by atoms with Crippen molar-refractivity contribution in [1.82, 2.24) is 40.3 Å². The highest BCUT2D eigenvalue weighted by atomic mass is 35.5. The van der Waals surface area contributed by atoms with E-state index in [0.29, 0.717) is 29.0 Å². The van der Waals surface area contributed by atoms with Gasteiger partial charge in [-0.1, -0.05) is 17.7 Å². The van der Waals surface area contributed by atoms with Crippen molar-refractivity contribution in [3.8, 4) is 5.69 Å². The van der Waals surface area contributed by atoms with Crippen molar-refractivity contribution < 1.29 is 9.90 Å². The molecule has 0 spiro atoms. The summed E-state index contributed by atoms with van der Waals surface area (Å²) in [6, 6.07) is 9.39. The van der Waals surface area contributed by atoms with Crippen molar-refractivity contribution in [3.63, 3.8) is 0 Å². The van der Waals surface area contributed by atoms with Crippen LogP contribution >= 0.6 is 11.6 Å². The van der Waals surface area contributed by atoms with E-state index >= 15 is 0 Å². The van der Waals surface area contributed by atoms with E-state index in [0.717, 1.165) is 41.4 Å². The maximum atomic E-state index is 12.8. The molecule has 4 heterocycles. The fourth-order valence-corrected chi connectivity index (χ4v) is 5.01. The van der Waals surface area contributed by atoms with Gasteiger partial charge < -0.3 is 15.3 Å². The topological polar surface area (TPSA) is 127 Å². The number of nitrogens with zero attached hydrogens (tertiary/aromatic N) is 8. The number of pyridine rings is 1. The number of aryl methyl sites for hydroxylation is 1. The second kappa shape index (κ2) is 8.99. The number of amides is 1. The maximum Gasteiger partial charge on any atom is 0.254 e. The molecule has 1 aromatic carbocycles. The van der Waals surface area contributed by atoms with Gasteiger partial charge in [0.25, 0.3) is 5.91 Å². The molecule has 6 rings (SSSR count). The largest absolute Gasteiger partial charge is 0.392 e. The highest BCUT2D eigenvalue weighted by Gasteiger charge is 2.55. The van der Waals surface area contributed by atoms with Crippen LogP contribution in [0.5, 0.6) is 0 Å². The minimum atomic E-state index is -0.246. The normalized spacial score (nSPS) is 20.4. The minimum absolute atomic E-state index is 0.133. The number of tetrazole rings is 1. The molecule has 2 aliphatic rings. The molecule has 11 nitrogen and oxygen atoms in total. The molecule has 3 aromatic heterocycles. The Hall–Kier alpha value is -3.83. The molecule has 0 radical (unpaired) electrons. The first kappa shape index (κ1) is 22.6. The van der Waals surface area contributed by atoms with E-state index in [1.165, 1.54) is 11.0 Å². The number of fused-ring (bicyclic) bond motifs is 1. The number of aliphatic hydroxyl groups is 1. The smallest absolute Gasteiger partial charge is 0.254 e. The zero-order valence-corrected chi connectivity index (χ0v) is 20.2. The highest BCUT2D eigenvalue weighted by molar-refractivity contribution is 6.30. The Kier molecular flexibility index (Phi) is 5.65. The van der Waals surface area contributed by atoms with Gasteiger partial charge >= 0.3 is 0 Å². The Morgan fingerprint density at radius 1 is 1.19 bits per heavy atom. The Balaban J connectivity index is 1.09. The zero-order valence-electron chi connectivity index (χ0n) is 19.5. The summed E-state index contributed by atoms with van der Waals surface area (Å²) in [6.07, 6.45) is 4.62. The summed E-state index contributed by atoms with van der Waals surface area (Å²) in [5.41, 5.74) is 3.92. The first-order valence-corrected chi connectivity index (χ1v) is 12.1. The lowest BCUT2D eigenvalue weighted by Crippen LogP contribution is -2.26. The van der Waals surface area contributed by atoms with Crippen molar-refractivity contribution in [2.24, 2.45) is 11.8 Å². The minimum Gasteiger partial charge on any atom is -0.392 e. The van der Waals surface area contributed by atoms with Crippen molar-refractivity contribution in [2.45, 2.75) is 26.1 Å². The fraction of sp³-hybridized carbons (Fsp3) is 0.333. The van der Waals surface area contributed by atoms with Gasteiger partial charge in [0.15, 0.2) is 0 Å². The molecular formula is C24H24ClN9O2. The van der Waals surface area contributed by atoms with Gasteiger partial charge in [-0.25, -0.2) is 9.67 Å². The fourth-order valence-electron chi connectivity index (χ4n) is 4.81. The molecule has 1 saturated carbocycles. The molecule has 0 bridgehead atoms. The third-order valence-electron chi connectivity index (χ3n) is 6.96. The number of piperidine rings is 1. The third kappa shape index (κ3) is 4.31. The number of halogens is 1. The Labute approximate surface area is 211 Å². The molecule has 2 fully saturated rings. The van der Waals surface area contributed by atoms with E-state index < -0.39 is 0 Å². The number of benzene rings is 1. The van der Waals surface area contributed by atoms with Crippen LogP contribution in [0.25, 0.3) is 5.69 Å². The number of aliphatic hydroxyl groups excluding tert-OH is 1. The number of rotatable bonds is 7. The second-order valence-corrected chi connectivity index (χ2v) is 9.71. The predicted molar refractivity (Wildman–Crippen MR) is 131 cm³/mol. The molecule has 36 heavy (non-hydrogen) atoms. The molecule has 2 N–H and O–H groups in total. The molecule has 1 saturated heterocycles. The zero-order chi connectivity index (χ0) is 24.8. The van der Waals surface area contributed by atoms with Gasteiger partial charge in [0, 0.05) is 48.4 Å². The van der Waals surface area contributed by atoms with E-state index in [1.807, 2.05) is 13.0 Å². The number of carbonyl (C=O) groups is 1. The SMILES string of the molecule is Cc1nc(N2C[C@@H]3[C@@H](O)[C@@H]3C2)ccc1Cn1cc(C(=O)NCc2cc(Cl)ccc2-n2cnnn2)cn1. The molecule has 1 aliphatic carbocycles. The van der Waals surface area contributed by atoms with Gasteiger partial charge in [0.2, 0.25) is 0 Å². The Morgan fingerprint density at radius 2 is 2.03 bits per heavy atom. The number of nitrogens with one attached hydrogen (secondary N) is 1. The van der Waals surface area contributed by atoms with Crippen LogP contribution in [0.2, 0.25) is 5.02 Å². The number of aromatic nitrogens is 7. The standard InChI is InChI=1S/C24H24ClN9O2/c1-14-15(2-5-22(29-14)32-11-19-20(12-32)23(19)35)9-33-10-17(8-28-33)24(36)26-7-16-6-18(25)3-4-21(16)34-13-27-30-31-34/h2-6,8,10,13,19-20,23,35H,7,9,11-12H2,1H3,(H,26,36)/t19-,20+,23+. The molecule has 12 heteroatoms. The number of carbonyl (C=O) groups excluding carboxylic acids is 1. The van der Waals surface area contributed by atoms with Crippen molar-refractivity contribution in [1.29, 1.82) is 0 Å². The van der Waals surface area contributed by atoms with E-state index in [2.05, 4.69) is 36.9 Å². The van der Waals surface area contributed by atoms with E-state index in [9.17, 15) is 9.90 Å². The van der Waals surface area contributed by atoms with Gasteiger partial charge in [0.1, 0.15) is 12.1 Å². The molecule has 4 aromatic rings. The molecular weight excluding hydrogens is 482 g/mol. The molecule has 0 unspecified atom stereocenters. The summed E-state index contributed by atoms with van der Waals surface area (Å²) in [6.45, 7) is 4.46. The molecule has 1 amide bonds. The van der Waals surface area contributed by atoms with Gasteiger partial charge in [-0.15, -0.1) is 5.10 Å². The quantitative estimate of drug-likeness (QED) is 0.388. The molecule has 184 valence electrons. The summed E-state index contributed by atoms with van der Waals surface area (Å²) in [5.74, 6) is 1.48. The van der Waals surface area contributed by atoms with E-state index in [1.54, 1.807) is 35.3 Å². The van der Waals surface area contributed by atoms with Crippen LogP contribution < -0.4 is 10.2 Å². The summed E-state index contributed by atoms with van der Waals surface area (Å²) < 4.78 is 3.25. The van der Waals surface area contributed by atoms with Gasteiger partial charge in [-0.2, -0.15) is 5.10 Å². The van der Waals surface area contributed by atoms with Gasteiger partial charge in [-0.05, 0) is 52.7 Å². The lowest BCUT2D eigenvalue weighted by Gasteiger charge is -2.21. The number of hydrogen-bond acceptors (Lipinski definition) is 8. The van der Waals surface area contributed by atoms with Crippen LogP contribution in [0.1, 0.15) is 27.2 Å². The first-order valence-electron chi connectivity index (χ1n) is 11.7. The summed E-state index contributed by atoms with van der Waals surface area (Å²) in [4.78, 5) is 19.8. The van der Waals surface area contributed by atoms with Crippen LogP contribution in [0.3, 0.4) is 0 Å². The van der Waals surface area contributed by atoms with Crippen molar-refractivity contribution in [3.05, 3.63) is 76.5 Å². The van der Waals surface area contributed by atoms with Gasteiger partial charge in [0.05, 0.1) is 30.1 Å². The van der Waals surface area contributed by atoms with E-state index in [4.69, 9.17) is 16.6 Å². The summed E-state index contributed by atoms with van der Waals surface area (Å²) in [7, 11) is 0. The Bertz CT molecular complexity index is 1410. The van der Waals surface area contributed by atoms with E-state index in [-0.39, 0.29) is 18.6 Å². The van der Waals surface area contributed by atoms with Gasteiger partial charge in [-0.3, -0.25) is 9.48 Å². The number of anilines is 1. The maximum absolute atomic E-state index is 12.8. The van der Waals surface area contributed by atoms with Crippen LogP contribution in [0, 0.1) is 18.8 Å². The first-order chi connectivity index (χ1) is 17.5. The van der Waals surface area contributed by atoms with Crippen LogP contribution in [0.4, 0.5) is 5.82 Å². The monoisotopic (exact) mass is 505 g/mol. The number of hydrogen-bond donors (Lipinski definition) is 2. The Morgan fingerprint density at radius 3 is 2.78 bits per heavy atom. The third-order valence-corrected chi connectivity index (χ3v) is 7.19. The van der Waals surface area contributed by atoms with Crippen LogP contribution in [-0.4, -0.2) is 65.2 Å².